The highest BCUT2D eigenvalue weighted by Crippen LogP contribution is 2.29. The van der Waals surface area contributed by atoms with E-state index in [9.17, 15) is 9.18 Å². The monoisotopic (exact) mass is 452 g/mol. The first-order valence-electron chi connectivity index (χ1n) is 11.2. The molecule has 32 heavy (non-hydrogen) atoms. The first kappa shape index (κ1) is 22.4. The topological polar surface area (TPSA) is 49.3 Å². The summed E-state index contributed by atoms with van der Waals surface area (Å²) in [6.45, 7) is 8.91. The van der Waals surface area contributed by atoms with Crippen LogP contribution in [0.4, 0.5) is 10.2 Å². The van der Waals surface area contributed by atoms with Crippen LogP contribution in [-0.4, -0.2) is 47.0 Å². The number of aryl methyl sites for hydroxylation is 1. The molecule has 3 heterocycles. The normalized spacial score (nSPS) is 15.1. The zero-order chi connectivity index (χ0) is 22.7. The lowest BCUT2D eigenvalue weighted by Crippen LogP contribution is -2.49. The van der Waals surface area contributed by atoms with Gasteiger partial charge in [0.2, 0.25) is 0 Å². The van der Waals surface area contributed by atoms with Gasteiger partial charge in [-0.3, -0.25) is 4.79 Å². The van der Waals surface area contributed by atoms with Crippen molar-refractivity contribution < 1.29 is 9.18 Å². The number of amides is 1. The molecule has 2 aromatic heterocycles. The van der Waals surface area contributed by atoms with Crippen molar-refractivity contribution in [1.29, 1.82) is 0 Å². The number of hydrogen-bond acceptors (Lipinski definition) is 5. The van der Waals surface area contributed by atoms with Crippen molar-refractivity contribution in [2.45, 2.75) is 39.5 Å². The van der Waals surface area contributed by atoms with Crippen molar-refractivity contribution >= 4 is 23.1 Å². The fraction of sp³-hybridized carbons (Fsp3) is 0.400. The van der Waals surface area contributed by atoms with Gasteiger partial charge in [0.1, 0.15) is 17.5 Å². The molecular formula is C25H29FN4OS. The van der Waals surface area contributed by atoms with Gasteiger partial charge in [-0.05, 0) is 36.4 Å². The number of carbonyl (C=O) groups is 1. The Kier molecular flexibility index (Phi) is 6.84. The Hall–Kier alpha value is -2.80. The molecule has 1 fully saturated rings. The molecule has 0 N–H and O–H groups in total. The molecule has 4 rings (SSSR count). The second kappa shape index (κ2) is 9.77. The molecule has 3 aromatic rings. The van der Waals surface area contributed by atoms with Crippen LogP contribution in [0.2, 0.25) is 0 Å². The average molecular weight is 453 g/mol. The minimum atomic E-state index is -0.213. The smallest absolute Gasteiger partial charge is 0.264 e. The van der Waals surface area contributed by atoms with Gasteiger partial charge < -0.3 is 9.80 Å². The number of nitrogens with zero attached hydrogens (tertiary/aromatic N) is 4. The molecule has 1 amide bonds. The van der Waals surface area contributed by atoms with Gasteiger partial charge >= 0.3 is 0 Å². The van der Waals surface area contributed by atoms with E-state index in [1.54, 1.807) is 6.07 Å². The van der Waals surface area contributed by atoms with Crippen LogP contribution in [0.15, 0.2) is 41.8 Å². The number of benzene rings is 1. The van der Waals surface area contributed by atoms with Crippen molar-refractivity contribution in [3.05, 3.63) is 75.1 Å². The Morgan fingerprint density at radius 3 is 2.53 bits per heavy atom. The third-order valence-electron chi connectivity index (χ3n) is 6.19. The Balaban J connectivity index is 1.62. The molecule has 0 bridgehead atoms. The highest BCUT2D eigenvalue weighted by molar-refractivity contribution is 7.12. The van der Waals surface area contributed by atoms with Gasteiger partial charge in [-0.2, -0.15) is 0 Å². The van der Waals surface area contributed by atoms with Gasteiger partial charge in [-0.1, -0.05) is 38.1 Å². The summed E-state index contributed by atoms with van der Waals surface area (Å²) < 4.78 is 14.4. The Morgan fingerprint density at radius 2 is 1.88 bits per heavy atom. The summed E-state index contributed by atoms with van der Waals surface area (Å²) >= 11 is 1.48. The van der Waals surface area contributed by atoms with Gasteiger partial charge in [0.15, 0.2) is 0 Å². The quantitative estimate of drug-likeness (QED) is 0.525. The van der Waals surface area contributed by atoms with Crippen molar-refractivity contribution in [3.8, 4) is 0 Å². The predicted molar refractivity (Wildman–Crippen MR) is 127 cm³/mol. The van der Waals surface area contributed by atoms with E-state index < -0.39 is 0 Å². The van der Waals surface area contributed by atoms with Crippen LogP contribution in [0, 0.1) is 12.7 Å². The fourth-order valence-electron chi connectivity index (χ4n) is 3.98. The molecule has 0 unspecified atom stereocenters. The van der Waals surface area contributed by atoms with E-state index >= 15 is 0 Å². The molecule has 1 aromatic carbocycles. The lowest BCUT2D eigenvalue weighted by atomic mass is 10.0. The number of thiophene rings is 1. The van der Waals surface area contributed by atoms with Crippen molar-refractivity contribution in [2.75, 3.05) is 31.1 Å². The van der Waals surface area contributed by atoms with Gasteiger partial charge in [0, 0.05) is 49.8 Å². The Morgan fingerprint density at radius 1 is 1.12 bits per heavy atom. The van der Waals surface area contributed by atoms with Crippen molar-refractivity contribution in [3.63, 3.8) is 0 Å². The van der Waals surface area contributed by atoms with Gasteiger partial charge in [-0.25, -0.2) is 14.4 Å². The maximum absolute atomic E-state index is 14.4. The molecule has 0 spiro atoms. The number of halogens is 1. The molecule has 168 valence electrons. The van der Waals surface area contributed by atoms with Crippen LogP contribution in [0.25, 0.3) is 0 Å². The third kappa shape index (κ3) is 4.67. The third-order valence-corrected chi connectivity index (χ3v) is 7.04. The molecule has 0 radical (unpaired) electrons. The minimum absolute atomic E-state index is 0.0883. The SMILES string of the molecule is CC[C@H](C)c1nc(C)c(Cc2ccccc2F)c(N2CCN(C(=O)c3cccs3)CC2)n1. The van der Waals surface area contributed by atoms with E-state index in [1.165, 1.54) is 17.4 Å². The van der Waals surface area contributed by atoms with Gasteiger partial charge in [-0.15, -0.1) is 11.3 Å². The highest BCUT2D eigenvalue weighted by Gasteiger charge is 2.27. The van der Waals surface area contributed by atoms with Crippen molar-refractivity contribution in [2.24, 2.45) is 0 Å². The number of anilines is 1. The molecule has 7 heteroatoms. The van der Waals surface area contributed by atoms with E-state index in [2.05, 4.69) is 18.7 Å². The molecule has 5 nitrogen and oxygen atoms in total. The molecule has 1 saturated heterocycles. The first-order valence-corrected chi connectivity index (χ1v) is 12.0. The lowest BCUT2D eigenvalue weighted by Gasteiger charge is -2.36. The maximum Gasteiger partial charge on any atom is 0.264 e. The maximum atomic E-state index is 14.4. The number of rotatable bonds is 6. The van der Waals surface area contributed by atoms with Crippen LogP contribution >= 0.6 is 11.3 Å². The fourth-order valence-corrected chi connectivity index (χ4v) is 4.67. The molecular weight excluding hydrogens is 423 g/mol. The molecule has 1 aliphatic rings. The highest BCUT2D eigenvalue weighted by atomic mass is 32.1. The summed E-state index contributed by atoms with van der Waals surface area (Å²) in [6.07, 6.45) is 1.40. The summed E-state index contributed by atoms with van der Waals surface area (Å²) in [5, 5.41) is 1.93. The number of aromatic nitrogens is 2. The average Bonchev–Trinajstić information content (AvgIpc) is 3.35. The summed E-state index contributed by atoms with van der Waals surface area (Å²) in [7, 11) is 0. The zero-order valence-electron chi connectivity index (χ0n) is 18.8. The Labute approximate surface area is 192 Å². The van der Waals surface area contributed by atoms with Crippen LogP contribution < -0.4 is 4.90 Å². The van der Waals surface area contributed by atoms with E-state index in [0.29, 0.717) is 38.2 Å². The molecule has 0 saturated carbocycles. The summed E-state index contributed by atoms with van der Waals surface area (Å²) in [6, 6.07) is 10.7. The standard InChI is InChI=1S/C25H29FN4OS/c1-4-17(2)23-27-18(3)20(16-19-8-5-6-9-21(19)26)24(28-23)29-11-13-30(14-12-29)25(31)22-10-7-15-32-22/h5-10,15,17H,4,11-14,16H2,1-3H3/t17-/m0/s1. The van der Waals surface area contributed by atoms with Crippen LogP contribution in [-0.2, 0) is 6.42 Å². The largest absolute Gasteiger partial charge is 0.353 e. The predicted octanol–water partition coefficient (Wildman–Crippen LogP) is 5.05. The van der Waals surface area contributed by atoms with Crippen molar-refractivity contribution in [1.82, 2.24) is 14.9 Å². The number of hydrogen-bond donors (Lipinski definition) is 0. The van der Waals surface area contributed by atoms with E-state index in [4.69, 9.17) is 9.97 Å². The van der Waals surface area contributed by atoms with E-state index in [-0.39, 0.29) is 17.6 Å². The number of piperazine rings is 1. The zero-order valence-corrected chi connectivity index (χ0v) is 19.7. The molecule has 1 atom stereocenters. The second-order valence-electron chi connectivity index (χ2n) is 8.30. The molecule has 1 aliphatic heterocycles. The van der Waals surface area contributed by atoms with E-state index in [1.807, 2.05) is 41.5 Å². The van der Waals surface area contributed by atoms with Gasteiger partial charge in [0.25, 0.3) is 5.91 Å². The van der Waals surface area contributed by atoms with Crippen LogP contribution in [0.5, 0.6) is 0 Å². The van der Waals surface area contributed by atoms with Gasteiger partial charge in [0.05, 0.1) is 4.88 Å². The number of carbonyl (C=O) groups excluding carboxylic acids is 1. The molecule has 0 aliphatic carbocycles. The summed E-state index contributed by atoms with van der Waals surface area (Å²) in [5.41, 5.74) is 2.49. The Bertz CT molecular complexity index is 1080. The lowest BCUT2D eigenvalue weighted by molar-refractivity contribution is 0.0751. The van der Waals surface area contributed by atoms with Crippen LogP contribution in [0.1, 0.15) is 58.5 Å². The minimum Gasteiger partial charge on any atom is -0.353 e. The first-order chi connectivity index (χ1) is 15.5. The van der Waals surface area contributed by atoms with Crippen LogP contribution in [0.3, 0.4) is 0 Å². The summed E-state index contributed by atoms with van der Waals surface area (Å²) in [4.78, 5) is 27.4. The second-order valence-corrected chi connectivity index (χ2v) is 9.25. The summed E-state index contributed by atoms with van der Waals surface area (Å²) in [5.74, 6) is 1.82. The van der Waals surface area contributed by atoms with E-state index in [0.717, 1.165) is 34.2 Å².